The number of carbonyl (C=O) groups excluding carboxylic acids is 3. The van der Waals surface area contributed by atoms with Crippen LogP contribution in [0.25, 0.3) is 16.6 Å². The summed E-state index contributed by atoms with van der Waals surface area (Å²) in [4.78, 5) is 44.2. The molecule has 44 heavy (non-hydrogen) atoms. The van der Waals surface area contributed by atoms with Gasteiger partial charge in [0.2, 0.25) is 5.78 Å². The number of aliphatic hydroxyl groups excluding tert-OH is 1. The van der Waals surface area contributed by atoms with Crippen molar-refractivity contribution >= 4 is 40.1 Å². The molecule has 2 aliphatic rings. The van der Waals surface area contributed by atoms with E-state index in [4.69, 9.17) is 10.5 Å². The van der Waals surface area contributed by atoms with Crippen LogP contribution < -0.4 is 15.4 Å². The lowest BCUT2D eigenvalue weighted by Gasteiger charge is -2.17. The lowest BCUT2D eigenvalue weighted by atomic mass is 10.1. The van der Waals surface area contributed by atoms with E-state index in [1.165, 1.54) is 40.0 Å². The highest BCUT2D eigenvalue weighted by atomic mass is 19.1. The van der Waals surface area contributed by atoms with Crippen molar-refractivity contribution in [3.05, 3.63) is 95.3 Å². The number of rotatable bonds is 6. The van der Waals surface area contributed by atoms with Crippen LogP contribution in [0.1, 0.15) is 28.0 Å². The van der Waals surface area contributed by atoms with E-state index < -0.39 is 41.5 Å². The fourth-order valence-electron chi connectivity index (χ4n) is 5.74. The minimum absolute atomic E-state index is 0.00300. The highest BCUT2D eigenvalue weighted by Crippen LogP contribution is 2.35. The van der Waals surface area contributed by atoms with Gasteiger partial charge in [-0.2, -0.15) is 5.10 Å². The summed E-state index contributed by atoms with van der Waals surface area (Å²) in [6, 6.07) is 13.4. The van der Waals surface area contributed by atoms with Gasteiger partial charge in [0.15, 0.2) is 11.6 Å². The number of nitrogens with zero attached hydrogens (tertiary/aromatic N) is 4. The Morgan fingerprint density at radius 2 is 1.86 bits per heavy atom. The van der Waals surface area contributed by atoms with Crippen molar-refractivity contribution in [1.29, 1.82) is 0 Å². The van der Waals surface area contributed by atoms with E-state index in [0.29, 0.717) is 27.9 Å². The zero-order valence-corrected chi connectivity index (χ0v) is 23.1. The first-order valence-corrected chi connectivity index (χ1v) is 13.7. The second-order valence-corrected chi connectivity index (χ2v) is 10.8. The van der Waals surface area contributed by atoms with Crippen LogP contribution >= 0.6 is 0 Å². The molecular formula is C31H24F2N6O5. The van der Waals surface area contributed by atoms with Gasteiger partial charge in [-0.3, -0.25) is 9.59 Å². The second-order valence-electron chi connectivity index (χ2n) is 10.8. The lowest BCUT2D eigenvalue weighted by Crippen LogP contribution is -2.35. The SMILES string of the molecule is Cc1cc(Oc2ccccc2F)ccc1-n1ncc(C(=O)c2cc3cc(F)c(N4C(=O)C5C[C@@H](O)CN5C4=O)cc3[nH]2)c1N. The van der Waals surface area contributed by atoms with Gasteiger partial charge in [-0.15, -0.1) is 0 Å². The third kappa shape index (κ3) is 4.28. The number of ether oxygens (including phenoxy) is 1. The summed E-state index contributed by atoms with van der Waals surface area (Å²) in [5, 5.41) is 14.5. The Balaban J connectivity index is 1.16. The van der Waals surface area contributed by atoms with Gasteiger partial charge in [-0.1, -0.05) is 12.1 Å². The van der Waals surface area contributed by atoms with Gasteiger partial charge in [0.05, 0.1) is 34.9 Å². The number of imide groups is 1. The Labute approximate surface area is 248 Å². The molecule has 7 rings (SSSR count). The van der Waals surface area contributed by atoms with Crippen LogP contribution in [0.15, 0.2) is 66.9 Å². The van der Waals surface area contributed by atoms with Crippen LogP contribution in [-0.4, -0.2) is 61.2 Å². The number of nitrogen functional groups attached to an aromatic ring is 1. The predicted octanol–water partition coefficient (Wildman–Crippen LogP) is 4.45. The van der Waals surface area contributed by atoms with E-state index in [-0.39, 0.29) is 41.5 Å². The van der Waals surface area contributed by atoms with Crippen molar-refractivity contribution in [2.45, 2.75) is 25.5 Å². The van der Waals surface area contributed by atoms with Gasteiger partial charge in [0, 0.05) is 23.9 Å². The zero-order chi connectivity index (χ0) is 30.9. The number of para-hydroxylation sites is 1. The maximum absolute atomic E-state index is 15.2. The first-order valence-electron chi connectivity index (χ1n) is 13.7. The summed E-state index contributed by atoms with van der Waals surface area (Å²) < 4.78 is 36.2. The topological polar surface area (TPSA) is 147 Å². The van der Waals surface area contributed by atoms with Gasteiger partial charge in [-0.25, -0.2) is 23.2 Å². The van der Waals surface area contributed by atoms with Gasteiger partial charge < -0.3 is 25.5 Å². The molecule has 0 bridgehead atoms. The molecule has 0 radical (unpaired) electrons. The number of aryl methyl sites for hydroxylation is 1. The van der Waals surface area contributed by atoms with Crippen molar-refractivity contribution in [2.24, 2.45) is 0 Å². The number of nitrogens with one attached hydrogen (secondary N) is 1. The molecule has 1 unspecified atom stereocenters. The standard InChI is InChI=1S/C31H24F2N6O5/c1-15-8-18(44-27-5-3-2-4-20(27)32)6-7-24(15)39-29(34)19(13-35-39)28(41)23-10-16-9-21(33)25(12-22(16)36-23)38-30(42)26-11-17(40)14-37(26)31(38)43/h2-10,12-13,17,26,36,40H,11,14,34H2,1H3/t17-,26?/m1/s1. The maximum atomic E-state index is 15.2. The van der Waals surface area contributed by atoms with Crippen LogP contribution in [0.4, 0.5) is 25.1 Å². The second kappa shape index (κ2) is 10.0. The number of nitrogens with two attached hydrogens (primary N) is 1. The molecule has 222 valence electrons. The number of fused-ring (bicyclic) bond motifs is 2. The summed E-state index contributed by atoms with van der Waals surface area (Å²) in [5.74, 6) is -1.90. The highest BCUT2D eigenvalue weighted by molar-refractivity contribution is 6.22. The first kappa shape index (κ1) is 27.3. The fraction of sp³-hybridized carbons (Fsp3) is 0.161. The summed E-state index contributed by atoms with van der Waals surface area (Å²) in [7, 11) is 0. The minimum Gasteiger partial charge on any atom is -0.454 e. The van der Waals surface area contributed by atoms with Gasteiger partial charge in [0.1, 0.15) is 23.4 Å². The van der Waals surface area contributed by atoms with Gasteiger partial charge >= 0.3 is 6.03 Å². The van der Waals surface area contributed by atoms with Crippen molar-refractivity contribution in [3.8, 4) is 17.2 Å². The number of carbonyl (C=O) groups is 3. The number of aromatic nitrogens is 3. The lowest BCUT2D eigenvalue weighted by molar-refractivity contribution is -0.119. The van der Waals surface area contributed by atoms with Crippen LogP contribution in [-0.2, 0) is 4.79 Å². The zero-order valence-electron chi connectivity index (χ0n) is 23.1. The van der Waals surface area contributed by atoms with Gasteiger partial charge in [0.25, 0.3) is 5.91 Å². The number of aromatic amines is 1. The molecule has 0 aliphatic carbocycles. The number of H-pyrrole nitrogens is 1. The summed E-state index contributed by atoms with van der Waals surface area (Å²) in [5.41, 5.74) is 7.88. The number of benzene rings is 3. The molecule has 3 aromatic carbocycles. The number of anilines is 2. The van der Waals surface area contributed by atoms with Crippen LogP contribution in [0.3, 0.4) is 0 Å². The fourth-order valence-corrected chi connectivity index (χ4v) is 5.74. The summed E-state index contributed by atoms with van der Waals surface area (Å²) >= 11 is 0. The third-order valence-electron chi connectivity index (χ3n) is 7.91. The van der Waals surface area contributed by atoms with E-state index in [2.05, 4.69) is 10.1 Å². The highest BCUT2D eigenvalue weighted by Gasteiger charge is 2.51. The van der Waals surface area contributed by atoms with Crippen molar-refractivity contribution in [2.75, 3.05) is 17.2 Å². The molecule has 5 aromatic rings. The number of halogens is 2. The van der Waals surface area contributed by atoms with E-state index in [1.807, 2.05) is 0 Å². The molecule has 4 heterocycles. The van der Waals surface area contributed by atoms with Crippen LogP contribution in [0.2, 0.25) is 0 Å². The Kier molecular flexibility index (Phi) is 6.21. The van der Waals surface area contributed by atoms with Crippen LogP contribution in [0, 0.1) is 18.6 Å². The number of urea groups is 1. The molecule has 0 saturated carbocycles. The molecule has 3 amide bonds. The van der Waals surface area contributed by atoms with E-state index in [0.717, 1.165) is 11.0 Å². The average Bonchev–Trinajstić information content (AvgIpc) is 3.74. The summed E-state index contributed by atoms with van der Waals surface area (Å²) in [6.45, 7) is 1.79. The summed E-state index contributed by atoms with van der Waals surface area (Å²) in [6.07, 6.45) is 0.604. The predicted molar refractivity (Wildman–Crippen MR) is 155 cm³/mol. The Morgan fingerprint density at radius 1 is 1.07 bits per heavy atom. The van der Waals surface area contributed by atoms with Crippen LogP contribution in [0.5, 0.6) is 11.5 Å². The number of hydrogen-bond acceptors (Lipinski definition) is 7. The quantitative estimate of drug-likeness (QED) is 0.193. The normalized spacial score (nSPS) is 18.0. The van der Waals surface area contributed by atoms with E-state index in [1.54, 1.807) is 37.3 Å². The molecular weight excluding hydrogens is 574 g/mol. The third-order valence-corrected chi connectivity index (χ3v) is 7.91. The molecule has 2 aromatic heterocycles. The molecule has 2 atom stereocenters. The number of amides is 3. The molecule has 2 fully saturated rings. The van der Waals surface area contributed by atoms with E-state index >= 15 is 4.39 Å². The molecule has 2 aliphatic heterocycles. The first-order chi connectivity index (χ1) is 21.1. The Morgan fingerprint density at radius 3 is 2.61 bits per heavy atom. The molecule has 2 saturated heterocycles. The van der Waals surface area contributed by atoms with Crippen molar-refractivity contribution < 1.29 is 33.0 Å². The molecule has 11 nitrogen and oxygen atoms in total. The monoisotopic (exact) mass is 598 g/mol. The smallest absolute Gasteiger partial charge is 0.332 e. The van der Waals surface area contributed by atoms with Crippen molar-refractivity contribution in [1.82, 2.24) is 19.7 Å². The molecule has 0 spiro atoms. The Bertz CT molecular complexity index is 2000. The number of ketones is 1. The van der Waals surface area contributed by atoms with Gasteiger partial charge in [-0.05, 0) is 61.0 Å². The minimum atomic E-state index is -0.841. The average molecular weight is 599 g/mol. The Hall–Kier alpha value is -5.56. The largest absolute Gasteiger partial charge is 0.454 e. The molecule has 13 heteroatoms. The van der Waals surface area contributed by atoms with E-state index in [9.17, 15) is 23.9 Å². The maximum Gasteiger partial charge on any atom is 0.332 e. The van der Waals surface area contributed by atoms with Crippen molar-refractivity contribution in [3.63, 3.8) is 0 Å². The number of aliphatic hydroxyl groups is 1. The number of hydrogen-bond donors (Lipinski definition) is 3. The molecule has 4 N–H and O–H groups in total.